The van der Waals surface area contributed by atoms with Crippen molar-refractivity contribution in [3.05, 3.63) is 60.2 Å². The monoisotopic (exact) mass is 368 g/mol. The van der Waals surface area contributed by atoms with Gasteiger partial charge in [-0.1, -0.05) is 18.2 Å². The molecular formula is C21H24N2O4. The fourth-order valence-corrected chi connectivity index (χ4v) is 2.96. The van der Waals surface area contributed by atoms with Crippen molar-refractivity contribution in [1.82, 2.24) is 9.80 Å². The van der Waals surface area contributed by atoms with Gasteiger partial charge in [0.05, 0.1) is 6.61 Å². The van der Waals surface area contributed by atoms with E-state index in [1.54, 1.807) is 21.9 Å². The van der Waals surface area contributed by atoms with Gasteiger partial charge in [0.2, 0.25) is 0 Å². The standard InChI is InChI=1S/C21H24N2O4/c1-2-26-18-8-10-19(11-9-18)27-16-20(24)22-12-14-23(15-13-22)21(25)17-6-4-3-5-7-17/h3-11H,2,12-16H2,1H3. The minimum Gasteiger partial charge on any atom is -0.494 e. The molecule has 1 aliphatic rings. The Morgan fingerprint density at radius 2 is 1.37 bits per heavy atom. The van der Waals surface area contributed by atoms with Crippen LogP contribution in [0, 0.1) is 0 Å². The van der Waals surface area contributed by atoms with Crippen LogP contribution in [0.4, 0.5) is 0 Å². The van der Waals surface area contributed by atoms with Crippen LogP contribution in [0.15, 0.2) is 54.6 Å². The molecule has 0 bridgehead atoms. The molecule has 1 saturated heterocycles. The molecule has 3 rings (SSSR count). The number of ether oxygens (including phenoxy) is 2. The first-order valence-corrected chi connectivity index (χ1v) is 9.15. The Morgan fingerprint density at radius 3 is 1.96 bits per heavy atom. The highest BCUT2D eigenvalue weighted by Gasteiger charge is 2.24. The molecule has 1 heterocycles. The summed E-state index contributed by atoms with van der Waals surface area (Å²) < 4.78 is 11.0. The van der Waals surface area contributed by atoms with Gasteiger partial charge in [0.15, 0.2) is 6.61 Å². The maximum Gasteiger partial charge on any atom is 0.260 e. The Labute approximate surface area is 159 Å². The highest BCUT2D eigenvalue weighted by Crippen LogP contribution is 2.17. The number of carbonyl (C=O) groups excluding carboxylic acids is 2. The van der Waals surface area contributed by atoms with Crippen LogP contribution in [0.1, 0.15) is 17.3 Å². The Kier molecular flexibility index (Phi) is 6.30. The van der Waals surface area contributed by atoms with Crippen LogP contribution in [0.2, 0.25) is 0 Å². The molecule has 0 unspecified atom stereocenters. The molecule has 6 heteroatoms. The van der Waals surface area contributed by atoms with Crippen molar-refractivity contribution in [3.63, 3.8) is 0 Å². The van der Waals surface area contributed by atoms with E-state index in [1.165, 1.54) is 0 Å². The zero-order valence-corrected chi connectivity index (χ0v) is 15.5. The summed E-state index contributed by atoms with van der Waals surface area (Å²) in [7, 11) is 0. The first-order chi connectivity index (χ1) is 13.2. The summed E-state index contributed by atoms with van der Waals surface area (Å²) in [6, 6.07) is 16.4. The van der Waals surface area contributed by atoms with Crippen molar-refractivity contribution in [2.24, 2.45) is 0 Å². The Morgan fingerprint density at radius 1 is 0.815 bits per heavy atom. The van der Waals surface area contributed by atoms with Gasteiger partial charge in [0.1, 0.15) is 11.5 Å². The van der Waals surface area contributed by atoms with Gasteiger partial charge in [-0.05, 0) is 43.3 Å². The maximum absolute atomic E-state index is 12.4. The average Bonchev–Trinajstić information content (AvgIpc) is 2.73. The number of piperazine rings is 1. The third-order valence-electron chi connectivity index (χ3n) is 4.44. The normalized spacial score (nSPS) is 14.0. The van der Waals surface area contributed by atoms with Gasteiger partial charge in [0.25, 0.3) is 11.8 Å². The Hall–Kier alpha value is -3.02. The Bertz CT molecular complexity index is 754. The molecule has 0 spiro atoms. The van der Waals surface area contributed by atoms with Crippen molar-refractivity contribution in [3.8, 4) is 11.5 Å². The third-order valence-corrected chi connectivity index (χ3v) is 4.44. The fourth-order valence-electron chi connectivity index (χ4n) is 2.96. The molecule has 142 valence electrons. The summed E-state index contributed by atoms with van der Waals surface area (Å²) in [6.45, 7) is 4.62. The summed E-state index contributed by atoms with van der Waals surface area (Å²) in [6.07, 6.45) is 0. The highest BCUT2D eigenvalue weighted by atomic mass is 16.5. The van der Waals surface area contributed by atoms with Gasteiger partial charge in [-0.3, -0.25) is 9.59 Å². The topological polar surface area (TPSA) is 59.1 Å². The minimum absolute atomic E-state index is 0.00772. The van der Waals surface area contributed by atoms with E-state index in [0.29, 0.717) is 44.1 Å². The molecule has 0 aliphatic carbocycles. The van der Waals surface area contributed by atoms with E-state index in [9.17, 15) is 9.59 Å². The van der Waals surface area contributed by atoms with E-state index < -0.39 is 0 Å². The van der Waals surface area contributed by atoms with Crippen LogP contribution < -0.4 is 9.47 Å². The number of amides is 2. The van der Waals surface area contributed by atoms with E-state index >= 15 is 0 Å². The van der Waals surface area contributed by atoms with Gasteiger partial charge in [-0.2, -0.15) is 0 Å². The summed E-state index contributed by atoms with van der Waals surface area (Å²) in [5.41, 5.74) is 0.677. The lowest BCUT2D eigenvalue weighted by Crippen LogP contribution is -2.51. The van der Waals surface area contributed by atoms with Crippen LogP contribution in [0.3, 0.4) is 0 Å². The van der Waals surface area contributed by atoms with Crippen LogP contribution in [-0.4, -0.2) is 61.0 Å². The number of hydrogen-bond acceptors (Lipinski definition) is 4. The molecule has 0 radical (unpaired) electrons. The molecule has 0 saturated carbocycles. The van der Waals surface area contributed by atoms with Crippen LogP contribution in [0.25, 0.3) is 0 Å². The van der Waals surface area contributed by atoms with Gasteiger partial charge in [-0.15, -0.1) is 0 Å². The summed E-state index contributed by atoms with van der Waals surface area (Å²) in [5.74, 6) is 1.34. The van der Waals surface area contributed by atoms with Crippen LogP contribution in [0.5, 0.6) is 11.5 Å². The first-order valence-electron chi connectivity index (χ1n) is 9.15. The summed E-state index contributed by atoms with van der Waals surface area (Å²) >= 11 is 0. The second-order valence-corrected chi connectivity index (χ2v) is 6.23. The quantitative estimate of drug-likeness (QED) is 0.786. The largest absolute Gasteiger partial charge is 0.494 e. The predicted molar refractivity (Wildman–Crippen MR) is 102 cm³/mol. The van der Waals surface area contributed by atoms with Crippen LogP contribution >= 0.6 is 0 Å². The Balaban J connectivity index is 1.45. The second kappa shape index (κ2) is 9.07. The van der Waals surface area contributed by atoms with Gasteiger partial charge in [0, 0.05) is 31.7 Å². The number of hydrogen-bond donors (Lipinski definition) is 0. The lowest BCUT2D eigenvalue weighted by atomic mass is 10.2. The van der Waals surface area contributed by atoms with Crippen molar-refractivity contribution in [2.45, 2.75) is 6.92 Å². The molecule has 1 aliphatic heterocycles. The number of rotatable bonds is 6. The molecule has 2 aromatic carbocycles. The molecule has 2 amide bonds. The number of nitrogens with zero attached hydrogens (tertiary/aromatic N) is 2. The molecule has 6 nitrogen and oxygen atoms in total. The van der Waals surface area contributed by atoms with E-state index in [-0.39, 0.29) is 18.4 Å². The minimum atomic E-state index is -0.0734. The molecule has 0 N–H and O–H groups in total. The zero-order valence-electron chi connectivity index (χ0n) is 15.5. The lowest BCUT2D eigenvalue weighted by molar-refractivity contribution is -0.134. The van der Waals surface area contributed by atoms with E-state index in [2.05, 4.69) is 0 Å². The molecule has 1 fully saturated rings. The maximum atomic E-state index is 12.4. The number of carbonyl (C=O) groups is 2. The summed E-state index contributed by atoms with van der Waals surface area (Å²) in [5, 5.41) is 0. The van der Waals surface area contributed by atoms with Gasteiger partial charge >= 0.3 is 0 Å². The SMILES string of the molecule is CCOc1ccc(OCC(=O)N2CCN(C(=O)c3ccccc3)CC2)cc1. The van der Waals surface area contributed by atoms with Crippen molar-refractivity contribution in [1.29, 1.82) is 0 Å². The molecular weight excluding hydrogens is 344 g/mol. The summed E-state index contributed by atoms with van der Waals surface area (Å²) in [4.78, 5) is 28.3. The third kappa shape index (κ3) is 5.00. The highest BCUT2D eigenvalue weighted by molar-refractivity contribution is 5.94. The van der Waals surface area contributed by atoms with E-state index in [1.807, 2.05) is 49.4 Å². The predicted octanol–water partition coefficient (Wildman–Crippen LogP) is 2.45. The molecule has 27 heavy (non-hydrogen) atoms. The van der Waals surface area contributed by atoms with Crippen LogP contribution in [-0.2, 0) is 4.79 Å². The zero-order chi connectivity index (χ0) is 19.1. The van der Waals surface area contributed by atoms with Gasteiger partial charge in [-0.25, -0.2) is 0 Å². The average molecular weight is 368 g/mol. The van der Waals surface area contributed by atoms with E-state index in [4.69, 9.17) is 9.47 Å². The lowest BCUT2D eigenvalue weighted by Gasteiger charge is -2.34. The number of benzene rings is 2. The molecule has 0 aromatic heterocycles. The van der Waals surface area contributed by atoms with Gasteiger partial charge < -0.3 is 19.3 Å². The fraction of sp³-hybridized carbons (Fsp3) is 0.333. The smallest absolute Gasteiger partial charge is 0.260 e. The second-order valence-electron chi connectivity index (χ2n) is 6.23. The first kappa shape index (κ1) is 18.8. The molecule has 0 atom stereocenters. The molecule has 2 aromatic rings. The van der Waals surface area contributed by atoms with Crippen molar-refractivity contribution >= 4 is 11.8 Å². The van der Waals surface area contributed by atoms with Crippen molar-refractivity contribution < 1.29 is 19.1 Å². The van der Waals surface area contributed by atoms with Crippen molar-refractivity contribution in [2.75, 3.05) is 39.4 Å². The van der Waals surface area contributed by atoms with E-state index in [0.717, 1.165) is 5.75 Å².